The molecule has 1 fully saturated rings. The zero-order valence-corrected chi connectivity index (χ0v) is 13.5. The van der Waals surface area contributed by atoms with Gasteiger partial charge in [0.1, 0.15) is 0 Å². The number of aliphatic hydroxyl groups excluding tert-OH is 1. The van der Waals surface area contributed by atoms with Crippen LogP contribution in [0.25, 0.3) is 0 Å². The monoisotopic (exact) mass is 344 g/mol. The van der Waals surface area contributed by atoms with E-state index in [1.165, 1.54) is 0 Å². The predicted octanol–water partition coefficient (Wildman–Crippen LogP) is 2.60. The van der Waals surface area contributed by atoms with Gasteiger partial charge in [0, 0.05) is 6.54 Å². The van der Waals surface area contributed by atoms with Gasteiger partial charge in [-0.15, -0.1) is 0 Å². The fourth-order valence-electron chi connectivity index (χ4n) is 2.57. The lowest BCUT2D eigenvalue weighted by molar-refractivity contribution is -0.136. The van der Waals surface area contributed by atoms with Crippen LogP contribution in [0.5, 0.6) is 0 Å². The summed E-state index contributed by atoms with van der Waals surface area (Å²) in [7, 11) is 0. The lowest BCUT2D eigenvalue weighted by Gasteiger charge is -2.17. The molecule has 0 spiro atoms. The molecule has 5 nitrogen and oxygen atoms in total. The standard InChI is InChI=1S/C15H18Cl2N2O3/c16-10-6-3-7-11(13(10)17)19-15(22)14(21)18-8-12(20)9-4-1-2-5-9/h3,6-7,9,12,20H,1-2,4-5,8H2,(H,18,21)(H,19,22). The Morgan fingerprint density at radius 2 is 1.91 bits per heavy atom. The van der Waals surface area contributed by atoms with Crippen molar-refractivity contribution in [3.63, 3.8) is 0 Å². The summed E-state index contributed by atoms with van der Waals surface area (Å²) in [6.07, 6.45) is 3.50. The Morgan fingerprint density at radius 3 is 2.59 bits per heavy atom. The van der Waals surface area contributed by atoms with Crippen molar-refractivity contribution in [2.45, 2.75) is 31.8 Å². The van der Waals surface area contributed by atoms with Crippen LogP contribution in [0.1, 0.15) is 25.7 Å². The van der Waals surface area contributed by atoms with Crippen LogP contribution in [0.4, 0.5) is 5.69 Å². The van der Waals surface area contributed by atoms with Gasteiger partial charge in [0.15, 0.2) is 0 Å². The third kappa shape index (κ3) is 4.35. The number of hydrogen-bond acceptors (Lipinski definition) is 3. The predicted molar refractivity (Wildman–Crippen MR) is 86.1 cm³/mol. The maximum atomic E-state index is 11.8. The fourth-order valence-corrected chi connectivity index (χ4v) is 2.91. The van der Waals surface area contributed by atoms with E-state index in [-0.39, 0.29) is 28.2 Å². The van der Waals surface area contributed by atoms with Crippen LogP contribution in [-0.4, -0.2) is 29.6 Å². The lowest BCUT2D eigenvalue weighted by Crippen LogP contribution is -2.41. The third-order valence-corrected chi connectivity index (χ3v) is 4.64. The van der Waals surface area contributed by atoms with E-state index in [4.69, 9.17) is 23.2 Å². The van der Waals surface area contributed by atoms with Crippen LogP contribution in [0.2, 0.25) is 10.0 Å². The summed E-state index contributed by atoms with van der Waals surface area (Å²) in [4.78, 5) is 23.6. The van der Waals surface area contributed by atoms with Gasteiger partial charge in [0.25, 0.3) is 0 Å². The van der Waals surface area contributed by atoms with E-state index in [0.717, 1.165) is 25.7 Å². The molecule has 1 aromatic carbocycles. The minimum Gasteiger partial charge on any atom is -0.391 e. The Hall–Kier alpha value is -1.30. The number of anilines is 1. The van der Waals surface area contributed by atoms with E-state index in [1.807, 2.05) is 0 Å². The molecule has 1 aromatic rings. The van der Waals surface area contributed by atoms with Crippen LogP contribution < -0.4 is 10.6 Å². The summed E-state index contributed by atoms with van der Waals surface area (Å²) in [6, 6.07) is 4.75. The van der Waals surface area contributed by atoms with Crippen molar-refractivity contribution >= 4 is 40.7 Å². The van der Waals surface area contributed by atoms with Gasteiger partial charge in [-0.3, -0.25) is 9.59 Å². The summed E-state index contributed by atoms with van der Waals surface area (Å²) in [5, 5.41) is 15.3. The molecule has 0 heterocycles. The number of halogens is 2. The summed E-state index contributed by atoms with van der Waals surface area (Å²) in [6.45, 7) is 0.0696. The van der Waals surface area contributed by atoms with Crippen LogP contribution in [-0.2, 0) is 9.59 Å². The van der Waals surface area contributed by atoms with Crippen molar-refractivity contribution in [2.75, 3.05) is 11.9 Å². The van der Waals surface area contributed by atoms with Gasteiger partial charge in [-0.2, -0.15) is 0 Å². The Morgan fingerprint density at radius 1 is 1.23 bits per heavy atom. The molecule has 22 heavy (non-hydrogen) atoms. The second-order valence-electron chi connectivity index (χ2n) is 5.38. The van der Waals surface area contributed by atoms with Crippen molar-refractivity contribution in [1.82, 2.24) is 5.32 Å². The molecular formula is C15H18Cl2N2O3. The molecule has 120 valence electrons. The molecule has 1 aliphatic carbocycles. The minimum absolute atomic E-state index is 0.0696. The Bertz CT molecular complexity index is 560. The minimum atomic E-state index is -0.845. The smallest absolute Gasteiger partial charge is 0.313 e. The van der Waals surface area contributed by atoms with Crippen LogP contribution in [0.15, 0.2) is 18.2 Å². The van der Waals surface area contributed by atoms with Crippen molar-refractivity contribution in [1.29, 1.82) is 0 Å². The summed E-state index contributed by atoms with van der Waals surface area (Å²) >= 11 is 11.8. The lowest BCUT2D eigenvalue weighted by atomic mass is 10.0. The Balaban J connectivity index is 1.84. The van der Waals surface area contributed by atoms with Gasteiger partial charge in [0.05, 0.1) is 21.8 Å². The number of benzene rings is 1. The number of nitrogens with one attached hydrogen (secondary N) is 2. The van der Waals surface area contributed by atoms with Gasteiger partial charge >= 0.3 is 11.8 Å². The van der Waals surface area contributed by atoms with Gasteiger partial charge in [0.2, 0.25) is 0 Å². The highest BCUT2D eigenvalue weighted by Crippen LogP contribution is 2.29. The number of amides is 2. The summed E-state index contributed by atoms with van der Waals surface area (Å²) < 4.78 is 0. The third-order valence-electron chi connectivity index (χ3n) is 3.82. The summed E-state index contributed by atoms with van der Waals surface area (Å²) in [5.74, 6) is -1.46. The first-order chi connectivity index (χ1) is 10.5. The fraction of sp³-hybridized carbons (Fsp3) is 0.467. The van der Waals surface area contributed by atoms with Crippen molar-refractivity contribution in [3.8, 4) is 0 Å². The second-order valence-corrected chi connectivity index (χ2v) is 6.16. The second kappa shape index (κ2) is 7.81. The Kier molecular flexibility index (Phi) is 6.06. The maximum Gasteiger partial charge on any atom is 0.313 e. The normalized spacial score (nSPS) is 16.3. The molecule has 1 aliphatic rings. The molecule has 2 amide bonds. The number of carbonyl (C=O) groups excluding carboxylic acids is 2. The topological polar surface area (TPSA) is 78.4 Å². The van der Waals surface area contributed by atoms with E-state index in [0.29, 0.717) is 0 Å². The van der Waals surface area contributed by atoms with Crippen molar-refractivity contribution in [3.05, 3.63) is 28.2 Å². The molecule has 1 saturated carbocycles. The maximum absolute atomic E-state index is 11.8. The first kappa shape index (κ1) is 17.1. The zero-order chi connectivity index (χ0) is 16.1. The van der Waals surface area contributed by atoms with Crippen LogP contribution >= 0.6 is 23.2 Å². The van der Waals surface area contributed by atoms with Crippen molar-refractivity contribution in [2.24, 2.45) is 5.92 Å². The van der Waals surface area contributed by atoms with Crippen LogP contribution in [0.3, 0.4) is 0 Å². The average molecular weight is 345 g/mol. The molecule has 0 saturated heterocycles. The van der Waals surface area contributed by atoms with Gasteiger partial charge in [-0.05, 0) is 30.9 Å². The number of rotatable bonds is 4. The molecule has 1 unspecified atom stereocenters. The van der Waals surface area contributed by atoms with Gasteiger partial charge in [-0.1, -0.05) is 42.1 Å². The highest BCUT2D eigenvalue weighted by atomic mass is 35.5. The molecular weight excluding hydrogens is 327 g/mol. The number of hydrogen-bond donors (Lipinski definition) is 3. The molecule has 0 aromatic heterocycles. The van der Waals surface area contributed by atoms with E-state index in [2.05, 4.69) is 10.6 Å². The van der Waals surface area contributed by atoms with E-state index < -0.39 is 17.9 Å². The molecule has 2 rings (SSSR count). The zero-order valence-electron chi connectivity index (χ0n) is 11.9. The quantitative estimate of drug-likeness (QED) is 0.734. The van der Waals surface area contributed by atoms with Crippen LogP contribution in [0, 0.1) is 5.92 Å². The largest absolute Gasteiger partial charge is 0.391 e. The molecule has 0 bridgehead atoms. The van der Waals surface area contributed by atoms with E-state index >= 15 is 0 Å². The van der Waals surface area contributed by atoms with Gasteiger partial charge < -0.3 is 15.7 Å². The summed E-state index contributed by atoms with van der Waals surface area (Å²) in [5.41, 5.74) is 0.269. The SMILES string of the molecule is O=C(NCC(O)C1CCCC1)C(=O)Nc1cccc(Cl)c1Cl. The van der Waals surface area contributed by atoms with Crippen molar-refractivity contribution < 1.29 is 14.7 Å². The van der Waals surface area contributed by atoms with Gasteiger partial charge in [-0.25, -0.2) is 0 Å². The first-order valence-corrected chi connectivity index (χ1v) is 7.96. The molecule has 0 aliphatic heterocycles. The molecule has 1 atom stereocenters. The molecule has 7 heteroatoms. The molecule has 3 N–H and O–H groups in total. The van der Waals surface area contributed by atoms with E-state index in [9.17, 15) is 14.7 Å². The Labute approximate surface area is 139 Å². The highest BCUT2D eigenvalue weighted by molar-refractivity contribution is 6.45. The first-order valence-electron chi connectivity index (χ1n) is 7.20. The number of carbonyl (C=O) groups is 2. The van der Waals surface area contributed by atoms with E-state index in [1.54, 1.807) is 18.2 Å². The number of aliphatic hydroxyl groups is 1. The highest BCUT2D eigenvalue weighted by Gasteiger charge is 2.24. The average Bonchev–Trinajstić information content (AvgIpc) is 3.03. The molecule has 0 radical (unpaired) electrons.